The van der Waals surface area contributed by atoms with Gasteiger partial charge in [0.05, 0.1) is 13.2 Å². The van der Waals surface area contributed by atoms with Crippen molar-refractivity contribution in [2.75, 3.05) is 26.3 Å². The molecule has 1 saturated heterocycles. The first kappa shape index (κ1) is 13.6. The molecule has 1 aliphatic carbocycles. The normalized spacial score (nSPS) is 26.9. The van der Waals surface area contributed by atoms with Gasteiger partial charge < -0.3 is 10.1 Å². The molecule has 1 aromatic rings. The highest BCUT2D eigenvalue weighted by atomic mass is 16.5. The Labute approximate surface area is 120 Å². The lowest BCUT2D eigenvalue weighted by Crippen LogP contribution is -2.56. The molecule has 20 heavy (non-hydrogen) atoms. The summed E-state index contributed by atoms with van der Waals surface area (Å²) >= 11 is 0. The van der Waals surface area contributed by atoms with Crippen molar-refractivity contribution in [3.8, 4) is 0 Å². The molecule has 1 heterocycles. The van der Waals surface area contributed by atoms with E-state index in [9.17, 15) is 4.79 Å². The zero-order chi connectivity index (χ0) is 13.9. The second-order valence-electron chi connectivity index (χ2n) is 5.81. The van der Waals surface area contributed by atoms with E-state index in [0.717, 1.165) is 44.7 Å². The minimum absolute atomic E-state index is 0.0513. The molecule has 2 fully saturated rings. The summed E-state index contributed by atoms with van der Waals surface area (Å²) in [5.74, 6) is 0.0513. The number of ether oxygens (including phenoxy) is 1. The van der Waals surface area contributed by atoms with E-state index in [1.807, 2.05) is 31.2 Å². The van der Waals surface area contributed by atoms with Crippen LogP contribution in [0.5, 0.6) is 0 Å². The number of nitrogens with one attached hydrogen (secondary N) is 1. The van der Waals surface area contributed by atoms with Crippen molar-refractivity contribution in [3.63, 3.8) is 0 Å². The van der Waals surface area contributed by atoms with E-state index in [0.29, 0.717) is 12.1 Å². The maximum atomic E-state index is 12.1. The molecular weight excluding hydrogens is 252 g/mol. The average Bonchev–Trinajstić information content (AvgIpc) is 2.44. The van der Waals surface area contributed by atoms with E-state index in [1.54, 1.807) is 0 Å². The number of hydrogen-bond acceptors (Lipinski definition) is 3. The van der Waals surface area contributed by atoms with Crippen molar-refractivity contribution in [1.29, 1.82) is 0 Å². The fraction of sp³-hybridized carbons (Fsp3) is 0.562. The topological polar surface area (TPSA) is 41.6 Å². The Kier molecular flexibility index (Phi) is 4.03. The van der Waals surface area contributed by atoms with Crippen LogP contribution in [0.1, 0.15) is 28.8 Å². The Balaban J connectivity index is 1.46. The van der Waals surface area contributed by atoms with Gasteiger partial charge in [-0.05, 0) is 31.9 Å². The zero-order valence-corrected chi connectivity index (χ0v) is 12.0. The van der Waals surface area contributed by atoms with Crippen molar-refractivity contribution in [2.45, 2.75) is 31.8 Å². The Morgan fingerprint density at radius 2 is 1.85 bits per heavy atom. The van der Waals surface area contributed by atoms with E-state index in [-0.39, 0.29) is 5.91 Å². The lowest BCUT2D eigenvalue weighted by molar-refractivity contribution is -0.00950. The van der Waals surface area contributed by atoms with Crippen LogP contribution in [0.3, 0.4) is 0 Å². The molecule has 2 aliphatic rings. The third kappa shape index (κ3) is 3.02. The molecule has 4 nitrogen and oxygen atoms in total. The second kappa shape index (κ2) is 5.94. The number of carbonyl (C=O) groups excluding carboxylic acids is 1. The second-order valence-corrected chi connectivity index (χ2v) is 5.81. The molecule has 1 aromatic carbocycles. The fourth-order valence-corrected chi connectivity index (χ4v) is 2.92. The monoisotopic (exact) mass is 274 g/mol. The van der Waals surface area contributed by atoms with Crippen molar-refractivity contribution in [3.05, 3.63) is 35.4 Å². The summed E-state index contributed by atoms with van der Waals surface area (Å²) in [6.45, 7) is 5.78. The third-order valence-electron chi connectivity index (χ3n) is 4.32. The summed E-state index contributed by atoms with van der Waals surface area (Å²) in [7, 11) is 0. The smallest absolute Gasteiger partial charge is 0.251 e. The van der Waals surface area contributed by atoms with E-state index in [4.69, 9.17) is 4.74 Å². The molecule has 4 heteroatoms. The molecule has 0 radical (unpaired) electrons. The fourth-order valence-electron chi connectivity index (χ4n) is 2.92. The molecular formula is C16H22N2O2. The van der Waals surface area contributed by atoms with Crippen LogP contribution in [0.15, 0.2) is 24.3 Å². The molecule has 1 aliphatic heterocycles. The zero-order valence-electron chi connectivity index (χ0n) is 12.0. The molecule has 0 aromatic heterocycles. The Morgan fingerprint density at radius 3 is 2.50 bits per heavy atom. The van der Waals surface area contributed by atoms with Gasteiger partial charge in [0.2, 0.25) is 0 Å². The van der Waals surface area contributed by atoms with Gasteiger partial charge in [-0.15, -0.1) is 0 Å². The van der Waals surface area contributed by atoms with E-state index in [1.165, 1.54) is 5.56 Å². The number of amides is 1. The van der Waals surface area contributed by atoms with Gasteiger partial charge in [0.25, 0.3) is 5.91 Å². The minimum atomic E-state index is 0.0513. The van der Waals surface area contributed by atoms with Crippen LogP contribution in [0.25, 0.3) is 0 Å². The minimum Gasteiger partial charge on any atom is -0.379 e. The molecule has 0 atom stereocenters. The Bertz CT molecular complexity index is 460. The number of benzene rings is 1. The SMILES string of the molecule is Cc1ccc(C(=O)NC2CC(N3CCOCC3)C2)cc1. The highest BCUT2D eigenvalue weighted by molar-refractivity contribution is 5.94. The first-order valence-electron chi connectivity index (χ1n) is 7.42. The Morgan fingerprint density at radius 1 is 1.20 bits per heavy atom. The van der Waals surface area contributed by atoms with Crippen LogP contribution in [0.2, 0.25) is 0 Å². The largest absolute Gasteiger partial charge is 0.379 e. The van der Waals surface area contributed by atoms with Crippen LogP contribution in [0.4, 0.5) is 0 Å². The Hall–Kier alpha value is -1.39. The number of carbonyl (C=O) groups is 1. The van der Waals surface area contributed by atoms with Gasteiger partial charge in [-0.25, -0.2) is 0 Å². The van der Waals surface area contributed by atoms with Crippen LogP contribution in [-0.4, -0.2) is 49.2 Å². The third-order valence-corrected chi connectivity index (χ3v) is 4.32. The molecule has 1 saturated carbocycles. The first-order chi connectivity index (χ1) is 9.72. The standard InChI is InChI=1S/C16H22N2O2/c1-12-2-4-13(5-3-12)16(19)17-14-10-15(11-14)18-6-8-20-9-7-18/h2-5,14-15H,6-11H2,1H3,(H,17,19). The molecule has 0 bridgehead atoms. The molecule has 1 N–H and O–H groups in total. The summed E-state index contributed by atoms with van der Waals surface area (Å²) in [5, 5.41) is 3.12. The van der Waals surface area contributed by atoms with Crippen LogP contribution < -0.4 is 5.32 Å². The summed E-state index contributed by atoms with van der Waals surface area (Å²) in [5.41, 5.74) is 1.93. The number of morpholine rings is 1. The van der Waals surface area contributed by atoms with Gasteiger partial charge in [-0.1, -0.05) is 17.7 Å². The van der Waals surface area contributed by atoms with Crippen LogP contribution in [-0.2, 0) is 4.74 Å². The summed E-state index contributed by atoms with van der Waals surface area (Å²) in [6, 6.07) is 8.70. The lowest BCUT2D eigenvalue weighted by Gasteiger charge is -2.44. The molecule has 108 valence electrons. The van der Waals surface area contributed by atoms with Gasteiger partial charge in [-0.2, -0.15) is 0 Å². The number of hydrogen-bond donors (Lipinski definition) is 1. The van der Waals surface area contributed by atoms with Gasteiger partial charge >= 0.3 is 0 Å². The van der Waals surface area contributed by atoms with Crippen molar-refractivity contribution in [2.24, 2.45) is 0 Å². The van der Waals surface area contributed by atoms with Gasteiger partial charge in [0, 0.05) is 30.7 Å². The molecule has 3 rings (SSSR count). The van der Waals surface area contributed by atoms with Crippen LogP contribution >= 0.6 is 0 Å². The molecule has 0 unspecified atom stereocenters. The molecule has 1 amide bonds. The van der Waals surface area contributed by atoms with Crippen molar-refractivity contribution < 1.29 is 9.53 Å². The highest BCUT2D eigenvalue weighted by Crippen LogP contribution is 2.26. The predicted octanol–water partition coefficient (Wildman–Crippen LogP) is 1.59. The number of aryl methyl sites for hydroxylation is 1. The average molecular weight is 274 g/mol. The van der Waals surface area contributed by atoms with E-state index < -0.39 is 0 Å². The number of nitrogens with zero attached hydrogens (tertiary/aromatic N) is 1. The quantitative estimate of drug-likeness (QED) is 0.910. The van der Waals surface area contributed by atoms with Gasteiger partial charge in [-0.3, -0.25) is 9.69 Å². The predicted molar refractivity (Wildman–Crippen MR) is 77.8 cm³/mol. The van der Waals surface area contributed by atoms with Crippen molar-refractivity contribution >= 4 is 5.91 Å². The van der Waals surface area contributed by atoms with E-state index >= 15 is 0 Å². The van der Waals surface area contributed by atoms with Crippen LogP contribution in [0, 0.1) is 6.92 Å². The lowest BCUT2D eigenvalue weighted by atomic mass is 9.85. The highest BCUT2D eigenvalue weighted by Gasteiger charge is 2.35. The first-order valence-corrected chi connectivity index (χ1v) is 7.42. The summed E-state index contributed by atoms with van der Waals surface area (Å²) in [6.07, 6.45) is 2.13. The summed E-state index contributed by atoms with van der Waals surface area (Å²) in [4.78, 5) is 14.6. The summed E-state index contributed by atoms with van der Waals surface area (Å²) < 4.78 is 5.37. The van der Waals surface area contributed by atoms with Gasteiger partial charge in [0.15, 0.2) is 0 Å². The van der Waals surface area contributed by atoms with E-state index in [2.05, 4.69) is 10.2 Å². The molecule has 0 spiro atoms. The van der Waals surface area contributed by atoms with Crippen molar-refractivity contribution in [1.82, 2.24) is 10.2 Å². The maximum absolute atomic E-state index is 12.1. The number of rotatable bonds is 3. The van der Waals surface area contributed by atoms with Gasteiger partial charge in [0.1, 0.15) is 0 Å². The maximum Gasteiger partial charge on any atom is 0.251 e.